The van der Waals surface area contributed by atoms with E-state index in [-0.39, 0.29) is 11.8 Å². The van der Waals surface area contributed by atoms with Crippen molar-refractivity contribution in [3.8, 4) is 5.75 Å². The average Bonchev–Trinajstić information content (AvgIpc) is 2.68. The number of carboxylic acids is 1. The van der Waals surface area contributed by atoms with Crippen LogP contribution in [0.4, 0.5) is 0 Å². The van der Waals surface area contributed by atoms with Gasteiger partial charge in [-0.1, -0.05) is 38.1 Å². The molecule has 0 aliphatic rings. The minimum absolute atomic E-state index is 0.160. The summed E-state index contributed by atoms with van der Waals surface area (Å²) in [5.41, 5.74) is 0.973. The van der Waals surface area contributed by atoms with Crippen LogP contribution in [0.5, 0.6) is 5.75 Å². The van der Waals surface area contributed by atoms with Crippen molar-refractivity contribution >= 4 is 39.6 Å². The lowest BCUT2D eigenvalue weighted by atomic mass is 10.0. The molecular formula is C22H26BrNO4S. The third kappa shape index (κ3) is 7.40. The lowest BCUT2D eigenvalue weighted by Gasteiger charge is -2.22. The number of benzene rings is 2. The van der Waals surface area contributed by atoms with Crippen LogP contribution in [0.15, 0.2) is 57.9 Å². The van der Waals surface area contributed by atoms with E-state index >= 15 is 0 Å². The predicted octanol–water partition coefficient (Wildman–Crippen LogP) is 4.78. The fraction of sp³-hybridized carbons (Fsp3) is 0.364. The van der Waals surface area contributed by atoms with Gasteiger partial charge in [-0.05, 0) is 64.5 Å². The highest BCUT2D eigenvalue weighted by atomic mass is 79.9. The van der Waals surface area contributed by atoms with Gasteiger partial charge in [-0.15, -0.1) is 11.8 Å². The van der Waals surface area contributed by atoms with E-state index < -0.39 is 17.3 Å². The third-order valence-electron chi connectivity index (χ3n) is 4.30. The smallest absolute Gasteiger partial charge is 0.326 e. The van der Waals surface area contributed by atoms with Gasteiger partial charge in [0.15, 0.2) is 0 Å². The molecule has 2 aromatic rings. The van der Waals surface area contributed by atoms with Crippen molar-refractivity contribution in [1.29, 1.82) is 0 Å². The number of halogens is 1. The van der Waals surface area contributed by atoms with Crippen molar-refractivity contribution in [3.05, 3.63) is 58.6 Å². The molecule has 0 radical (unpaired) electrons. The number of ether oxygens (including phenoxy) is 1. The number of amides is 1. The van der Waals surface area contributed by atoms with E-state index in [4.69, 9.17) is 4.74 Å². The van der Waals surface area contributed by atoms with E-state index in [0.717, 1.165) is 20.7 Å². The summed E-state index contributed by atoms with van der Waals surface area (Å²) in [7, 11) is 1.61. The molecule has 0 aliphatic carbocycles. The van der Waals surface area contributed by atoms with Crippen LogP contribution in [-0.2, 0) is 16.0 Å². The van der Waals surface area contributed by atoms with Gasteiger partial charge < -0.3 is 15.2 Å². The molecule has 0 saturated carbocycles. The van der Waals surface area contributed by atoms with Crippen molar-refractivity contribution < 1.29 is 19.4 Å². The number of nitrogens with one attached hydrogen (secondary N) is 1. The Morgan fingerprint density at radius 3 is 2.34 bits per heavy atom. The zero-order chi connectivity index (χ0) is 21.4. The van der Waals surface area contributed by atoms with E-state index in [1.807, 2.05) is 62.4 Å². The molecule has 0 aliphatic heterocycles. The highest BCUT2D eigenvalue weighted by Gasteiger charge is 2.27. The maximum absolute atomic E-state index is 13.0. The number of rotatable bonds is 10. The van der Waals surface area contributed by atoms with E-state index in [0.29, 0.717) is 12.8 Å². The van der Waals surface area contributed by atoms with Crippen LogP contribution >= 0.6 is 27.7 Å². The first-order valence-electron chi connectivity index (χ1n) is 9.37. The normalized spacial score (nSPS) is 13.0. The van der Waals surface area contributed by atoms with Crippen LogP contribution in [0.1, 0.15) is 25.8 Å². The van der Waals surface area contributed by atoms with Crippen molar-refractivity contribution in [2.75, 3.05) is 7.11 Å². The molecule has 2 atom stereocenters. The molecule has 156 valence electrons. The zero-order valence-electron chi connectivity index (χ0n) is 16.7. The maximum atomic E-state index is 13.0. The Morgan fingerprint density at radius 1 is 1.14 bits per heavy atom. The summed E-state index contributed by atoms with van der Waals surface area (Å²) in [5, 5.41) is 11.7. The molecule has 29 heavy (non-hydrogen) atoms. The van der Waals surface area contributed by atoms with E-state index in [9.17, 15) is 14.7 Å². The standard InChI is InChI=1S/C22H26BrNO4S/c1-14(2)12-18(22(26)27)24-21(25)20(29-19-7-5-4-6-17(19)23)13-15-8-10-16(28-3)11-9-15/h4-11,14,18,20H,12-13H2,1-3H3,(H,24,25)(H,26,27)/t18-,20?/m0/s1. The number of aliphatic carboxylic acids is 1. The highest BCUT2D eigenvalue weighted by molar-refractivity contribution is 9.10. The zero-order valence-corrected chi connectivity index (χ0v) is 19.1. The maximum Gasteiger partial charge on any atom is 0.326 e. The van der Waals surface area contributed by atoms with Crippen LogP contribution < -0.4 is 10.1 Å². The molecule has 7 heteroatoms. The molecule has 0 saturated heterocycles. The topological polar surface area (TPSA) is 75.6 Å². The molecule has 0 heterocycles. The summed E-state index contributed by atoms with van der Waals surface area (Å²) in [6.07, 6.45) is 0.853. The van der Waals surface area contributed by atoms with Gasteiger partial charge in [0.2, 0.25) is 5.91 Å². The quantitative estimate of drug-likeness (QED) is 0.479. The van der Waals surface area contributed by atoms with Gasteiger partial charge in [0.1, 0.15) is 11.8 Å². The fourth-order valence-corrected chi connectivity index (χ4v) is 4.47. The Kier molecular flexibility index (Phi) is 9.04. The van der Waals surface area contributed by atoms with Crippen LogP contribution in [0.3, 0.4) is 0 Å². The first kappa shape index (κ1) is 23.3. The number of hydrogen-bond donors (Lipinski definition) is 2. The molecule has 2 N–H and O–H groups in total. The van der Waals surface area contributed by atoms with Crippen LogP contribution in [-0.4, -0.2) is 35.4 Å². The van der Waals surface area contributed by atoms with Crippen molar-refractivity contribution in [2.24, 2.45) is 5.92 Å². The summed E-state index contributed by atoms with van der Waals surface area (Å²) in [4.78, 5) is 25.6. The molecule has 0 fully saturated rings. The fourth-order valence-electron chi connectivity index (χ4n) is 2.81. The summed E-state index contributed by atoms with van der Waals surface area (Å²) in [6.45, 7) is 3.87. The number of thioether (sulfide) groups is 1. The molecule has 2 rings (SSSR count). The molecule has 1 unspecified atom stereocenters. The second-order valence-corrected chi connectivity index (χ2v) is 9.22. The second kappa shape index (κ2) is 11.3. The summed E-state index contributed by atoms with van der Waals surface area (Å²) in [5.74, 6) is -0.390. The Balaban J connectivity index is 2.23. The molecule has 1 amide bonds. The van der Waals surface area contributed by atoms with Gasteiger partial charge in [-0.2, -0.15) is 0 Å². The highest BCUT2D eigenvalue weighted by Crippen LogP contribution is 2.32. The lowest BCUT2D eigenvalue weighted by molar-refractivity contribution is -0.142. The van der Waals surface area contributed by atoms with Crippen LogP contribution in [0.25, 0.3) is 0 Å². The van der Waals surface area contributed by atoms with Gasteiger partial charge in [0, 0.05) is 9.37 Å². The number of hydrogen-bond acceptors (Lipinski definition) is 4. The van der Waals surface area contributed by atoms with Gasteiger partial charge >= 0.3 is 5.97 Å². The van der Waals surface area contributed by atoms with Gasteiger partial charge in [0.05, 0.1) is 12.4 Å². The van der Waals surface area contributed by atoms with Gasteiger partial charge in [-0.25, -0.2) is 4.79 Å². The summed E-state index contributed by atoms with van der Waals surface area (Å²) in [6, 6.07) is 14.3. The Hall–Kier alpha value is -1.99. The number of methoxy groups -OCH3 is 1. The van der Waals surface area contributed by atoms with E-state index in [1.54, 1.807) is 7.11 Å². The number of carboxylic acid groups (broad SMARTS) is 1. The van der Waals surface area contributed by atoms with Crippen LogP contribution in [0.2, 0.25) is 0 Å². The van der Waals surface area contributed by atoms with Crippen molar-refractivity contribution in [2.45, 2.75) is 42.9 Å². The van der Waals surface area contributed by atoms with Crippen molar-refractivity contribution in [3.63, 3.8) is 0 Å². The summed E-state index contributed by atoms with van der Waals surface area (Å²) >= 11 is 4.94. The largest absolute Gasteiger partial charge is 0.497 e. The monoisotopic (exact) mass is 479 g/mol. The average molecular weight is 480 g/mol. The molecule has 0 spiro atoms. The molecule has 2 aromatic carbocycles. The van der Waals surface area contributed by atoms with Gasteiger partial charge in [0.25, 0.3) is 0 Å². The first-order chi connectivity index (χ1) is 13.8. The minimum atomic E-state index is -1.01. The van der Waals surface area contributed by atoms with E-state index in [2.05, 4.69) is 21.2 Å². The second-order valence-electron chi connectivity index (χ2n) is 7.12. The Bertz CT molecular complexity index is 826. The lowest BCUT2D eigenvalue weighted by Crippen LogP contribution is -2.45. The summed E-state index contributed by atoms with van der Waals surface area (Å²) < 4.78 is 6.09. The predicted molar refractivity (Wildman–Crippen MR) is 120 cm³/mol. The number of carbonyl (C=O) groups is 2. The minimum Gasteiger partial charge on any atom is -0.497 e. The van der Waals surface area contributed by atoms with Gasteiger partial charge in [-0.3, -0.25) is 4.79 Å². The van der Waals surface area contributed by atoms with E-state index in [1.165, 1.54) is 11.8 Å². The molecular weight excluding hydrogens is 454 g/mol. The van der Waals surface area contributed by atoms with Crippen LogP contribution in [0, 0.1) is 5.92 Å². The first-order valence-corrected chi connectivity index (χ1v) is 11.0. The number of carbonyl (C=O) groups excluding carboxylic acids is 1. The Labute approximate surface area is 184 Å². The SMILES string of the molecule is COc1ccc(CC(Sc2ccccc2Br)C(=O)N[C@@H](CC(C)C)C(=O)O)cc1. The molecule has 0 bridgehead atoms. The Morgan fingerprint density at radius 2 is 1.79 bits per heavy atom. The third-order valence-corrected chi connectivity index (χ3v) is 6.53. The molecule has 0 aromatic heterocycles. The van der Waals surface area contributed by atoms with Crippen molar-refractivity contribution in [1.82, 2.24) is 5.32 Å². The molecule has 5 nitrogen and oxygen atoms in total.